The van der Waals surface area contributed by atoms with Gasteiger partial charge in [0.05, 0.1) is 0 Å². The van der Waals surface area contributed by atoms with Gasteiger partial charge in [0, 0.05) is 6.42 Å². The number of rotatable bonds is 3. The highest BCUT2D eigenvalue weighted by molar-refractivity contribution is 5.50. The molecule has 0 fully saturated rings. The first kappa shape index (κ1) is 15.4. The smallest absolute Gasteiger partial charge is 0.122 e. The molecule has 2 aromatic carbocycles. The van der Waals surface area contributed by atoms with E-state index in [0.29, 0.717) is 12.2 Å². The largest absolute Gasteiger partial charge is 0.508 e. The van der Waals surface area contributed by atoms with Crippen molar-refractivity contribution in [3.8, 4) is 11.5 Å². The molecule has 0 radical (unpaired) electrons. The zero-order valence-electron chi connectivity index (χ0n) is 13.3. The summed E-state index contributed by atoms with van der Waals surface area (Å²) in [5.74, 6) is 0.624. The fourth-order valence-electron chi connectivity index (χ4n) is 2.54. The number of benzene rings is 2. The minimum Gasteiger partial charge on any atom is -0.508 e. The van der Waals surface area contributed by atoms with Gasteiger partial charge in [0.2, 0.25) is 0 Å². The molecule has 0 amide bonds. The Morgan fingerprint density at radius 1 is 0.952 bits per heavy atom. The second-order valence-electron chi connectivity index (χ2n) is 6.56. The summed E-state index contributed by atoms with van der Waals surface area (Å²) in [4.78, 5) is 0. The summed E-state index contributed by atoms with van der Waals surface area (Å²) >= 11 is 0. The van der Waals surface area contributed by atoms with E-state index in [9.17, 15) is 10.2 Å². The molecular weight excluding hydrogens is 260 g/mol. The zero-order chi connectivity index (χ0) is 15.6. The molecule has 21 heavy (non-hydrogen) atoms. The maximum absolute atomic E-state index is 10.6. The average molecular weight is 284 g/mol. The molecule has 0 aliphatic rings. The highest BCUT2D eigenvalue weighted by atomic mass is 16.3. The van der Waals surface area contributed by atoms with Gasteiger partial charge in [0.25, 0.3) is 0 Å². The van der Waals surface area contributed by atoms with Crippen LogP contribution in [0.1, 0.15) is 49.9 Å². The molecular formula is C19H24O2. The van der Waals surface area contributed by atoms with Crippen molar-refractivity contribution in [2.45, 2.75) is 46.0 Å². The molecule has 112 valence electrons. The van der Waals surface area contributed by atoms with Gasteiger partial charge in [-0.25, -0.2) is 0 Å². The highest BCUT2D eigenvalue weighted by Crippen LogP contribution is 2.36. The van der Waals surface area contributed by atoms with Gasteiger partial charge >= 0.3 is 0 Å². The van der Waals surface area contributed by atoms with Crippen molar-refractivity contribution in [1.29, 1.82) is 0 Å². The summed E-state index contributed by atoms with van der Waals surface area (Å²) < 4.78 is 0. The Hall–Kier alpha value is -1.96. The first-order valence-corrected chi connectivity index (χ1v) is 7.45. The quantitative estimate of drug-likeness (QED) is 0.868. The molecule has 2 nitrogen and oxygen atoms in total. The van der Waals surface area contributed by atoms with E-state index < -0.39 is 0 Å². The Labute approximate surface area is 127 Å². The number of phenols is 2. The Bertz CT molecular complexity index is 636. The van der Waals surface area contributed by atoms with Gasteiger partial charge in [-0.2, -0.15) is 0 Å². The number of hydrogen-bond acceptors (Lipinski definition) is 2. The molecule has 0 aromatic heterocycles. The number of para-hydroxylation sites is 1. The second-order valence-corrected chi connectivity index (χ2v) is 6.56. The third-order valence-electron chi connectivity index (χ3n) is 3.84. The predicted octanol–water partition coefficient (Wildman–Crippen LogP) is 4.55. The van der Waals surface area contributed by atoms with Crippen LogP contribution in [0, 0.1) is 0 Å². The Morgan fingerprint density at radius 2 is 1.62 bits per heavy atom. The topological polar surface area (TPSA) is 40.5 Å². The lowest BCUT2D eigenvalue weighted by molar-refractivity contribution is 0.439. The molecule has 0 aliphatic heterocycles. The highest BCUT2D eigenvalue weighted by Gasteiger charge is 2.21. The Morgan fingerprint density at radius 3 is 2.19 bits per heavy atom. The molecule has 0 unspecified atom stereocenters. The molecule has 0 spiro atoms. The molecule has 0 atom stereocenters. The maximum Gasteiger partial charge on any atom is 0.122 e. The summed E-state index contributed by atoms with van der Waals surface area (Å²) in [5, 5.41) is 20.6. The molecule has 0 heterocycles. The Balaban J connectivity index is 2.51. The SMILES string of the molecule is CCc1cc(Cc2ccccc2O)c(O)c(C(C)(C)C)c1. The van der Waals surface area contributed by atoms with Crippen molar-refractivity contribution in [2.24, 2.45) is 0 Å². The van der Waals surface area contributed by atoms with Crippen LogP contribution in [0.15, 0.2) is 36.4 Å². The second kappa shape index (κ2) is 5.80. The molecule has 0 saturated carbocycles. The minimum absolute atomic E-state index is 0.108. The molecule has 0 aliphatic carbocycles. The van der Waals surface area contributed by atoms with Gasteiger partial charge in [-0.3, -0.25) is 0 Å². The maximum atomic E-state index is 10.6. The Kier molecular flexibility index (Phi) is 4.26. The number of phenolic OH excluding ortho intramolecular Hbond substituents is 2. The van der Waals surface area contributed by atoms with E-state index in [2.05, 4.69) is 33.8 Å². The van der Waals surface area contributed by atoms with E-state index in [-0.39, 0.29) is 11.2 Å². The molecule has 0 bridgehead atoms. The monoisotopic (exact) mass is 284 g/mol. The third-order valence-corrected chi connectivity index (χ3v) is 3.84. The van der Waals surface area contributed by atoms with Crippen LogP contribution in [-0.4, -0.2) is 10.2 Å². The number of aryl methyl sites for hydroxylation is 1. The fourth-order valence-corrected chi connectivity index (χ4v) is 2.54. The third kappa shape index (κ3) is 3.38. The minimum atomic E-state index is -0.108. The summed E-state index contributed by atoms with van der Waals surface area (Å²) in [6.45, 7) is 8.42. The van der Waals surface area contributed by atoms with Gasteiger partial charge in [-0.1, -0.05) is 58.0 Å². The lowest BCUT2D eigenvalue weighted by atomic mass is 9.83. The van der Waals surface area contributed by atoms with Crippen LogP contribution in [0.2, 0.25) is 0 Å². The van der Waals surface area contributed by atoms with Gasteiger partial charge in [-0.15, -0.1) is 0 Å². The van der Waals surface area contributed by atoms with Crippen LogP contribution in [0.5, 0.6) is 11.5 Å². The average Bonchev–Trinajstić information content (AvgIpc) is 2.42. The van der Waals surface area contributed by atoms with Gasteiger partial charge in [-0.05, 0) is 40.2 Å². The predicted molar refractivity (Wildman–Crippen MR) is 87.1 cm³/mol. The van der Waals surface area contributed by atoms with Gasteiger partial charge in [0.1, 0.15) is 11.5 Å². The van der Waals surface area contributed by atoms with Crippen molar-refractivity contribution in [2.75, 3.05) is 0 Å². The van der Waals surface area contributed by atoms with Crippen molar-refractivity contribution in [3.63, 3.8) is 0 Å². The summed E-state index contributed by atoms with van der Waals surface area (Å²) in [6, 6.07) is 11.4. The van der Waals surface area contributed by atoms with E-state index in [0.717, 1.165) is 23.1 Å². The first-order valence-electron chi connectivity index (χ1n) is 7.45. The molecule has 2 aromatic rings. The van der Waals surface area contributed by atoms with Crippen LogP contribution < -0.4 is 0 Å². The van der Waals surface area contributed by atoms with Crippen molar-refractivity contribution in [3.05, 3.63) is 58.7 Å². The van der Waals surface area contributed by atoms with Crippen LogP contribution in [0.25, 0.3) is 0 Å². The normalized spacial score (nSPS) is 11.6. The lowest BCUT2D eigenvalue weighted by Gasteiger charge is -2.23. The van der Waals surface area contributed by atoms with E-state index in [1.54, 1.807) is 6.07 Å². The molecule has 2 N–H and O–H groups in total. The van der Waals surface area contributed by atoms with E-state index >= 15 is 0 Å². The lowest BCUT2D eigenvalue weighted by Crippen LogP contribution is -2.13. The van der Waals surface area contributed by atoms with E-state index in [1.807, 2.05) is 24.3 Å². The standard InChI is InChI=1S/C19H24O2/c1-5-13-10-15(12-14-8-6-7-9-17(14)20)18(21)16(11-13)19(2,3)4/h6-11,20-21H,5,12H2,1-4H3. The summed E-state index contributed by atoms with van der Waals surface area (Å²) in [6.07, 6.45) is 1.46. The van der Waals surface area contributed by atoms with E-state index in [4.69, 9.17) is 0 Å². The van der Waals surface area contributed by atoms with Gasteiger partial charge < -0.3 is 10.2 Å². The number of hydrogen-bond donors (Lipinski definition) is 2. The van der Waals surface area contributed by atoms with Crippen molar-refractivity contribution in [1.82, 2.24) is 0 Å². The van der Waals surface area contributed by atoms with E-state index in [1.165, 1.54) is 5.56 Å². The summed E-state index contributed by atoms with van der Waals surface area (Å²) in [7, 11) is 0. The van der Waals surface area contributed by atoms with Crippen LogP contribution in [-0.2, 0) is 18.3 Å². The molecule has 2 heteroatoms. The van der Waals surface area contributed by atoms with Crippen molar-refractivity contribution < 1.29 is 10.2 Å². The fraction of sp³-hybridized carbons (Fsp3) is 0.368. The first-order chi connectivity index (χ1) is 9.82. The number of aromatic hydroxyl groups is 2. The molecule has 0 saturated heterocycles. The van der Waals surface area contributed by atoms with Crippen LogP contribution >= 0.6 is 0 Å². The summed E-state index contributed by atoms with van der Waals surface area (Å²) in [5.41, 5.74) is 3.78. The van der Waals surface area contributed by atoms with Crippen LogP contribution in [0.4, 0.5) is 0 Å². The molecule has 2 rings (SSSR count). The van der Waals surface area contributed by atoms with Crippen LogP contribution in [0.3, 0.4) is 0 Å². The van der Waals surface area contributed by atoms with Crippen molar-refractivity contribution >= 4 is 0 Å². The van der Waals surface area contributed by atoms with Gasteiger partial charge in [0.15, 0.2) is 0 Å². The zero-order valence-corrected chi connectivity index (χ0v) is 13.3.